The molecule has 3 unspecified atom stereocenters. The van der Waals surface area contributed by atoms with Crippen molar-refractivity contribution in [2.24, 2.45) is 11.8 Å². The fourth-order valence-corrected chi connectivity index (χ4v) is 5.03. The molecule has 1 aliphatic carbocycles. The molecule has 0 radical (unpaired) electrons. The topological polar surface area (TPSA) is 52.7 Å². The van der Waals surface area contributed by atoms with Gasteiger partial charge in [0.2, 0.25) is 11.8 Å². The molecule has 4 rings (SSSR count). The Balaban J connectivity index is 1.44. The van der Waals surface area contributed by atoms with Gasteiger partial charge in [-0.1, -0.05) is 29.8 Å². The van der Waals surface area contributed by atoms with Gasteiger partial charge in [0.15, 0.2) is 5.11 Å². The molecular weight excluding hydrogens is 382 g/mol. The molecule has 2 saturated heterocycles. The molecule has 3 atom stereocenters. The summed E-state index contributed by atoms with van der Waals surface area (Å²) in [4.78, 5) is 29.4. The first kappa shape index (κ1) is 18.7. The number of nitrogens with zero attached hydrogens (tertiary/aromatic N) is 2. The van der Waals surface area contributed by atoms with E-state index in [1.807, 2.05) is 29.2 Å². The van der Waals surface area contributed by atoms with Gasteiger partial charge in [-0.3, -0.25) is 14.5 Å². The predicted octanol–water partition coefficient (Wildman–Crippen LogP) is 2.96. The molecule has 144 valence electrons. The van der Waals surface area contributed by atoms with Gasteiger partial charge in [0, 0.05) is 30.1 Å². The highest BCUT2D eigenvalue weighted by atomic mass is 35.5. The van der Waals surface area contributed by atoms with Crippen molar-refractivity contribution < 1.29 is 9.59 Å². The van der Waals surface area contributed by atoms with Crippen molar-refractivity contribution >= 4 is 40.7 Å². The van der Waals surface area contributed by atoms with Crippen LogP contribution in [0.4, 0.5) is 0 Å². The maximum Gasteiger partial charge on any atom is 0.234 e. The number of hydrogen-bond donors (Lipinski definition) is 1. The minimum atomic E-state index is -0.123. The second-order valence-electron chi connectivity index (χ2n) is 7.72. The molecule has 2 heterocycles. The zero-order chi connectivity index (χ0) is 19.0. The number of thiocarbonyl (C=S) groups is 1. The number of amides is 2. The van der Waals surface area contributed by atoms with E-state index in [0.29, 0.717) is 23.1 Å². The molecule has 1 saturated carbocycles. The average molecular weight is 406 g/mol. The Morgan fingerprint density at radius 2 is 1.96 bits per heavy atom. The van der Waals surface area contributed by atoms with Crippen LogP contribution >= 0.6 is 23.8 Å². The zero-order valence-corrected chi connectivity index (χ0v) is 16.8. The van der Waals surface area contributed by atoms with Crippen LogP contribution in [-0.2, 0) is 16.1 Å². The molecule has 3 fully saturated rings. The first-order valence-electron chi connectivity index (χ1n) is 9.68. The molecule has 0 aromatic heterocycles. The number of benzene rings is 1. The van der Waals surface area contributed by atoms with Gasteiger partial charge in [-0.2, -0.15) is 0 Å². The minimum Gasteiger partial charge on any atom is -0.359 e. The highest BCUT2D eigenvalue weighted by Crippen LogP contribution is 2.35. The lowest BCUT2D eigenvalue weighted by Crippen LogP contribution is -2.61. The molecule has 1 aromatic carbocycles. The maximum absolute atomic E-state index is 13.1. The predicted molar refractivity (Wildman–Crippen MR) is 108 cm³/mol. The first-order valence-corrected chi connectivity index (χ1v) is 10.5. The summed E-state index contributed by atoms with van der Waals surface area (Å²) in [6, 6.07) is 7.47. The SMILES string of the molecule is O=C(C1CCC2C(=O)N(Cc3ccccc3Cl)C(=S)NC2C1)N1CCCC1. The van der Waals surface area contributed by atoms with E-state index in [2.05, 4.69) is 5.32 Å². The average Bonchev–Trinajstić information content (AvgIpc) is 3.20. The van der Waals surface area contributed by atoms with Crippen molar-refractivity contribution in [3.63, 3.8) is 0 Å². The van der Waals surface area contributed by atoms with E-state index in [1.165, 1.54) is 0 Å². The van der Waals surface area contributed by atoms with Gasteiger partial charge in [0.25, 0.3) is 0 Å². The molecule has 7 heteroatoms. The number of fused-ring (bicyclic) bond motifs is 1. The third-order valence-electron chi connectivity index (χ3n) is 6.04. The fourth-order valence-electron chi connectivity index (χ4n) is 4.53. The van der Waals surface area contributed by atoms with Crippen LogP contribution in [0, 0.1) is 11.8 Å². The van der Waals surface area contributed by atoms with Gasteiger partial charge in [-0.05, 0) is 56.0 Å². The van der Waals surface area contributed by atoms with Crippen LogP contribution in [0.3, 0.4) is 0 Å². The summed E-state index contributed by atoms with van der Waals surface area (Å²) in [5.41, 5.74) is 0.882. The van der Waals surface area contributed by atoms with Gasteiger partial charge < -0.3 is 10.2 Å². The van der Waals surface area contributed by atoms with Crippen molar-refractivity contribution in [3.8, 4) is 0 Å². The van der Waals surface area contributed by atoms with Crippen LogP contribution in [0.5, 0.6) is 0 Å². The summed E-state index contributed by atoms with van der Waals surface area (Å²) in [7, 11) is 0. The lowest BCUT2D eigenvalue weighted by Gasteiger charge is -2.44. The van der Waals surface area contributed by atoms with E-state index in [-0.39, 0.29) is 29.7 Å². The zero-order valence-electron chi connectivity index (χ0n) is 15.2. The van der Waals surface area contributed by atoms with E-state index in [4.69, 9.17) is 23.8 Å². The van der Waals surface area contributed by atoms with Crippen molar-refractivity contribution in [1.82, 2.24) is 15.1 Å². The smallest absolute Gasteiger partial charge is 0.234 e. The van der Waals surface area contributed by atoms with Crippen molar-refractivity contribution in [2.45, 2.75) is 44.7 Å². The van der Waals surface area contributed by atoms with E-state index >= 15 is 0 Å². The van der Waals surface area contributed by atoms with Crippen molar-refractivity contribution in [1.29, 1.82) is 0 Å². The molecular formula is C20H24ClN3O2S. The Hall–Kier alpha value is -1.66. The fraction of sp³-hybridized carbons (Fsp3) is 0.550. The van der Waals surface area contributed by atoms with Gasteiger partial charge >= 0.3 is 0 Å². The summed E-state index contributed by atoms with van der Waals surface area (Å²) >= 11 is 11.7. The molecule has 3 aliphatic rings. The van der Waals surface area contributed by atoms with Crippen LogP contribution in [0.2, 0.25) is 5.02 Å². The molecule has 27 heavy (non-hydrogen) atoms. The van der Waals surface area contributed by atoms with E-state index < -0.39 is 0 Å². The molecule has 1 aromatic rings. The van der Waals surface area contributed by atoms with Gasteiger partial charge in [0.05, 0.1) is 12.5 Å². The number of rotatable bonds is 3. The largest absolute Gasteiger partial charge is 0.359 e. The Kier molecular flexibility index (Phi) is 5.37. The summed E-state index contributed by atoms with van der Waals surface area (Å²) in [6.07, 6.45) is 4.38. The Morgan fingerprint density at radius 3 is 2.70 bits per heavy atom. The second-order valence-corrected chi connectivity index (χ2v) is 8.51. The third kappa shape index (κ3) is 3.69. The summed E-state index contributed by atoms with van der Waals surface area (Å²) in [6.45, 7) is 2.13. The summed E-state index contributed by atoms with van der Waals surface area (Å²) < 4.78 is 0. The van der Waals surface area contributed by atoms with Crippen LogP contribution in [-0.4, -0.2) is 45.9 Å². The Bertz CT molecular complexity index is 765. The Morgan fingerprint density at radius 1 is 1.22 bits per heavy atom. The van der Waals surface area contributed by atoms with E-state index in [1.54, 1.807) is 4.90 Å². The molecule has 0 bridgehead atoms. The summed E-state index contributed by atoms with van der Waals surface area (Å²) in [5, 5.41) is 4.41. The number of likely N-dealkylation sites (tertiary alicyclic amines) is 1. The molecule has 5 nitrogen and oxygen atoms in total. The van der Waals surface area contributed by atoms with Crippen LogP contribution in [0.1, 0.15) is 37.7 Å². The number of halogens is 1. The van der Waals surface area contributed by atoms with Crippen LogP contribution in [0.15, 0.2) is 24.3 Å². The Labute approximate surface area is 170 Å². The van der Waals surface area contributed by atoms with E-state index in [9.17, 15) is 9.59 Å². The minimum absolute atomic E-state index is 0.00238. The molecule has 1 N–H and O–H groups in total. The van der Waals surface area contributed by atoms with Crippen LogP contribution < -0.4 is 5.32 Å². The lowest BCUT2D eigenvalue weighted by molar-refractivity contribution is -0.141. The first-order chi connectivity index (χ1) is 13.0. The van der Waals surface area contributed by atoms with Crippen LogP contribution in [0.25, 0.3) is 0 Å². The van der Waals surface area contributed by atoms with Crippen molar-refractivity contribution in [3.05, 3.63) is 34.9 Å². The monoisotopic (exact) mass is 405 g/mol. The number of hydrogen-bond acceptors (Lipinski definition) is 3. The maximum atomic E-state index is 13.1. The van der Waals surface area contributed by atoms with E-state index in [0.717, 1.165) is 44.3 Å². The van der Waals surface area contributed by atoms with Gasteiger partial charge in [0.1, 0.15) is 0 Å². The second kappa shape index (κ2) is 7.76. The normalized spacial score (nSPS) is 28.1. The standard InChI is InChI=1S/C20H24ClN3O2S/c21-16-6-2-1-5-14(16)12-24-19(26)15-8-7-13(11-17(15)22-20(24)27)18(25)23-9-3-4-10-23/h1-2,5-6,13,15,17H,3-4,7-12H2,(H,22,27). The number of carbonyl (C=O) groups is 2. The molecule has 0 spiro atoms. The summed E-state index contributed by atoms with van der Waals surface area (Å²) in [5.74, 6) is 0.185. The lowest BCUT2D eigenvalue weighted by atomic mass is 9.76. The van der Waals surface area contributed by atoms with Gasteiger partial charge in [-0.15, -0.1) is 0 Å². The van der Waals surface area contributed by atoms with Crippen molar-refractivity contribution in [2.75, 3.05) is 13.1 Å². The highest BCUT2D eigenvalue weighted by Gasteiger charge is 2.44. The highest BCUT2D eigenvalue weighted by molar-refractivity contribution is 7.80. The van der Waals surface area contributed by atoms with Gasteiger partial charge in [-0.25, -0.2) is 0 Å². The number of carbonyl (C=O) groups excluding carboxylic acids is 2. The molecule has 2 amide bonds. The molecule has 2 aliphatic heterocycles. The quantitative estimate of drug-likeness (QED) is 0.785. The third-order valence-corrected chi connectivity index (χ3v) is 6.75. The number of nitrogens with one attached hydrogen (secondary N) is 1.